The van der Waals surface area contributed by atoms with E-state index >= 15 is 0 Å². The molecule has 1 aliphatic rings. The molecule has 0 spiro atoms. The number of likely N-dealkylation sites (tertiary alicyclic amines) is 1. The van der Waals surface area contributed by atoms with Crippen LogP contribution in [0.4, 0.5) is 0 Å². The first-order chi connectivity index (χ1) is 8.13. The molecule has 6 heteroatoms. The summed E-state index contributed by atoms with van der Waals surface area (Å²) in [5.74, 6) is -0.920. The number of nitrogens with zero attached hydrogens (tertiary/aromatic N) is 3. The molecule has 2 rings (SSSR count). The van der Waals surface area contributed by atoms with E-state index in [1.54, 1.807) is 11.7 Å². The number of aromatic nitrogens is 2. The summed E-state index contributed by atoms with van der Waals surface area (Å²) < 4.78 is 1.63. The van der Waals surface area contributed by atoms with Crippen LogP contribution in [0.5, 0.6) is 0 Å². The van der Waals surface area contributed by atoms with Crippen LogP contribution in [0.25, 0.3) is 0 Å². The van der Waals surface area contributed by atoms with Crippen LogP contribution in [0.15, 0.2) is 6.20 Å². The van der Waals surface area contributed by atoms with E-state index in [4.69, 9.17) is 10.8 Å². The molecule has 0 bridgehead atoms. The monoisotopic (exact) mass is 238 g/mol. The minimum Gasteiger partial charge on any atom is -0.478 e. The SMILES string of the molecule is Cn1ncc(C(=O)O)c1CN1CCCC1CN. The molecular formula is C11H18N4O2. The highest BCUT2D eigenvalue weighted by Gasteiger charge is 2.26. The van der Waals surface area contributed by atoms with Gasteiger partial charge in [0.1, 0.15) is 5.56 Å². The summed E-state index contributed by atoms with van der Waals surface area (Å²) in [5.41, 5.74) is 6.74. The van der Waals surface area contributed by atoms with Gasteiger partial charge >= 0.3 is 5.97 Å². The summed E-state index contributed by atoms with van der Waals surface area (Å²) in [6, 6.07) is 0.367. The number of hydrogen-bond acceptors (Lipinski definition) is 4. The molecule has 1 aromatic heterocycles. The quantitative estimate of drug-likeness (QED) is 0.773. The van der Waals surface area contributed by atoms with E-state index in [-0.39, 0.29) is 5.56 Å². The largest absolute Gasteiger partial charge is 0.478 e. The first-order valence-corrected chi connectivity index (χ1v) is 5.81. The number of carboxylic acids is 1. The van der Waals surface area contributed by atoms with Gasteiger partial charge in [-0.05, 0) is 19.4 Å². The summed E-state index contributed by atoms with van der Waals surface area (Å²) in [7, 11) is 1.77. The van der Waals surface area contributed by atoms with Crippen LogP contribution in [0.3, 0.4) is 0 Å². The number of aryl methyl sites for hydroxylation is 1. The van der Waals surface area contributed by atoms with E-state index < -0.39 is 5.97 Å². The fraction of sp³-hybridized carbons (Fsp3) is 0.636. The second kappa shape index (κ2) is 4.85. The summed E-state index contributed by atoms with van der Waals surface area (Å²) >= 11 is 0. The molecule has 0 aliphatic carbocycles. The third kappa shape index (κ3) is 2.32. The van der Waals surface area contributed by atoms with Gasteiger partial charge in [0.15, 0.2) is 0 Å². The molecule has 1 aromatic rings. The molecule has 1 fully saturated rings. The lowest BCUT2D eigenvalue weighted by Gasteiger charge is -2.23. The van der Waals surface area contributed by atoms with Crippen molar-refractivity contribution in [2.45, 2.75) is 25.4 Å². The van der Waals surface area contributed by atoms with Crippen molar-refractivity contribution < 1.29 is 9.90 Å². The van der Waals surface area contributed by atoms with Crippen molar-refractivity contribution in [2.75, 3.05) is 13.1 Å². The van der Waals surface area contributed by atoms with Gasteiger partial charge in [0.25, 0.3) is 0 Å². The van der Waals surface area contributed by atoms with Crippen LogP contribution >= 0.6 is 0 Å². The number of carboxylic acid groups (broad SMARTS) is 1. The van der Waals surface area contributed by atoms with E-state index in [9.17, 15) is 4.79 Å². The standard InChI is InChI=1S/C11H18N4O2/c1-14-10(9(6-13-14)11(16)17)7-15-4-2-3-8(15)5-12/h6,8H,2-5,7,12H2,1H3,(H,16,17). The Morgan fingerprint density at radius 2 is 2.47 bits per heavy atom. The number of nitrogens with two attached hydrogens (primary N) is 1. The average molecular weight is 238 g/mol. The zero-order chi connectivity index (χ0) is 12.4. The van der Waals surface area contributed by atoms with Gasteiger partial charge in [-0.3, -0.25) is 9.58 Å². The Labute approximate surface area is 100 Å². The lowest BCUT2D eigenvalue weighted by Crippen LogP contribution is -2.35. The van der Waals surface area contributed by atoms with Crippen LogP contribution in [-0.2, 0) is 13.6 Å². The van der Waals surface area contributed by atoms with Crippen molar-refractivity contribution in [3.8, 4) is 0 Å². The molecule has 0 aromatic carbocycles. The van der Waals surface area contributed by atoms with Crippen LogP contribution in [0.1, 0.15) is 28.9 Å². The molecule has 6 nitrogen and oxygen atoms in total. The highest BCUT2D eigenvalue weighted by atomic mass is 16.4. The Balaban J connectivity index is 2.17. The Morgan fingerprint density at radius 1 is 1.71 bits per heavy atom. The number of carbonyl (C=O) groups is 1. The molecule has 1 aliphatic heterocycles. The molecule has 1 saturated heterocycles. The van der Waals surface area contributed by atoms with Gasteiger partial charge in [0.2, 0.25) is 0 Å². The zero-order valence-electron chi connectivity index (χ0n) is 9.96. The van der Waals surface area contributed by atoms with Gasteiger partial charge in [0, 0.05) is 26.2 Å². The number of hydrogen-bond donors (Lipinski definition) is 2. The highest BCUT2D eigenvalue weighted by molar-refractivity contribution is 5.88. The normalized spacial score (nSPS) is 20.9. The van der Waals surface area contributed by atoms with Crippen molar-refractivity contribution in [1.82, 2.24) is 14.7 Å². The minimum atomic E-state index is -0.920. The second-order valence-electron chi connectivity index (χ2n) is 4.44. The second-order valence-corrected chi connectivity index (χ2v) is 4.44. The maximum Gasteiger partial charge on any atom is 0.339 e. The number of rotatable bonds is 4. The predicted molar refractivity (Wildman–Crippen MR) is 62.7 cm³/mol. The van der Waals surface area contributed by atoms with E-state index in [0.29, 0.717) is 19.1 Å². The zero-order valence-corrected chi connectivity index (χ0v) is 9.96. The molecular weight excluding hydrogens is 220 g/mol. The molecule has 0 radical (unpaired) electrons. The van der Waals surface area contributed by atoms with Gasteiger partial charge in [-0.15, -0.1) is 0 Å². The van der Waals surface area contributed by atoms with Crippen LogP contribution in [0.2, 0.25) is 0 Å². The lowest BCUT2D eigenvalue weighted by molar-refractivity contribution is 0.0694. The molecule has 1 unspecified atom stereocenters. The third-order valence-electron chi connectivity index (χ3n) is 3.42. The average Bonchev–Trinajstić information content (AvgIpc) is 2.87. The summed E-state index contributed by atoms with van der Waals surface area (Å²) in [6.45, 7) is 2.21. The Hall–Kier alpha value is -1.40. The first kappa shape index (κ1) is 12.1. The minimum absolute atomic E-state index is 0.287. The Kier molecular flexibility index (Phi) is 3.44. The van der Waals surface area contributed by atoms with Crippen molar-refractivity contribution in [3.05, 3.63) is 17.5 Å². The lowest BCUT2D eigenvalue weighted by atomic mass is 10.2. The third-order valence-corrected chi connectivity index (χ3v) is 3.42. The predicted octanol–water partition coefficient (Wildman–Crippen LogP) is 0.0414. The van der Waals surface area contributed by atoms with Gasteiger partial charge in [-0.25, -0.2) is 4.79 Å². The van der Waals surface area contributed by atoms with Crippen molar-refractivity contribution in [2.24, 2.45) is 12.8 Å². The smallest absolute Gasteiger partial charge is 0.339 e. The first-order valence-electron chi connectivity index (χ1n) is 5.81. The van der Waals surface area contributed by atoms with Gasteiger partial charge in [-0.2, -0.15) is 5.10 Å². The van der Waals surface area contributed by atoms with Gasteiger partial charge < -0.3 is 10.8 Å². The molecule has 2 heterocycles. The molecule has 94 valence electrons. The fourth-order valence-electron chi connectivity index (χ4n) is 2.39. The fourth-order valence-corrected chi connectivity index (χ4v) is 2.39. The maximum absolute atomic E-state index is 11.1. The summed E-state index contributed by atoms with van der Waals surface area (Å²) in [6.07, 6.45) is 3.63. The van der Waals surface area contributed by atoms with E-state index in [0.717, 1.165) is 25.1 Å². The van der Waals surface area contributed by atoms with Gasteiger partial charge in [0.05, 0.1) is 11.9 Å². The van der Waals surface area contributed by atoms with Crippen molar-refractivity contribution in [3.63, 3.8) is 0 Å². The van der Waals surface area contributed by atoms with Crippen molar-refractivity contribution in [1.29, 1.82) is 0 Å². The summed E-state index contributed by atoms with van der Waals surface area (Å²) in [5, 5.41) is 13.1. The summed E-state index contributed by atoms with van der Waals surface area (Å²) in [4.78, 5) is 13.3. The highest BCUT2D eigenvalue weighted by Crippen LogP contribution is 2.20. The van der Waals surface area contributed by atoms with Crippen molar-refractivity contribution >= 4 is 5.97 Å². The molecule has 3 N–H and O–H groups in total. The topological polar surface area (TPSA) is 84.4 Å². The molecule has 0 amide bonds. The number of aromatic carboxylic acids is 1. The molecule has 1 atom stereocenters. The van der Waals surface area contributed by atoms with E-state index in [2.05, 4.69) is 10.00 Å². The van der Waals surface area contributed by atoms with Gasteiger partial charge in [-0.1, -0.05) is 0 Å². The van der Waals surface area contributed by atoms with E-state index in [1.807, 2.05) is 0 Å². The Morgan fingerprint density at radius 3 is 3.12 bits per heavy atom. The van der Waals surface area contributed by atoms with Crippen LogP contribution < -0.4 is 5.73 Å². The maximum atomic E-state index is 11.1. The molecule has 0 saturated carbocycles. The van der Waals surface area contributed by atoms with Crippen LogP contribution in [0, 0.1) is 0 Å². The van der Waals surface area contributed by atoms with Crippen LogP contribution in [-0.4, -0.2) is 44.9 Å². The Bertz CT molecular complexity index is 416. The van der Waals surface area contributed by atoms with E-state index in [1.165, 1.54) is 6.20 Å². The molecule has 17 heavy (non-hydrogen) atoms.